The lowest BCUT2D eigenvalue weighted by Gasteiger charge is -2.17. The number of nitrogens with one attached hydrogen (secondary N) is 1. The Balaban J connectivity index is 1.96. The first kappa shape index (κ1) is 15.9. The van der Waals surface area contributed by atoms with E-state index < -0.39 is 0 Å². The number of hydrogen-bond donors (Lipinski definition) is 1. The van der Waals surface area contributed by atoms with E-state index in [-0.39, 0.29) is 0 Å². The average Bonchev–Trinajstić information content (AvgIpc) is 2.88. The van der Waals surface area contributed by atoms with Crippen LogP contribution in [-0.4, -0.2) is 11.9 Å². The van der Waals surface area contributed by atoms with Gasteiger partial charge in [0.1, 0.15) is 0 Å². The Morgan fingerprint density at radius 3 is 2.54 bits per heavy atom. The molecule has 0 fully saturated rings. The Kier molecular flexibility index (Phi) is 4.19. The van der Waals surface area contributed by atoms with E-state index in [9.17, 15) is 0 Å². The highest BCUT2D eigenvalue weighted by Gasteiger charge is 2.30. The van der Waals surface area contributed by atoms with Gasteiger partial charge >= 0.3 is 0 Å². The molecule has 0 radical (unpaired) electrons. The second-order valence-electron chi connectivity index (χ2n) is 6.72. The molecule has 0 saturated carbocycles. The van der Waals surface area contributed by atoms with Gasteiger partial charge in [0.15, 0.2) is 0 Å². The van der Waals surface area contributed by atoms with E-state index in [1.165, 1.54) is 44.2 Å². The fourth-order valence-electron chi connectivity index (χ4n) is 3.96. The lowest BCUT2D eigenvalue weighted by molar-refractivity contribution is 0.611. The molecule has 24 heavy (non-hydrogen) atoms. The zero-order valence-corrected chi connectivity index (χ0v) is 15.8. The normalized spacial score (nSPS) is 15.5. The number of halogens is 1. The Labute approximate surface area is 152 Å². The first-order chi connectivity index (χ1) is 11.7. The molecule has 0 bridgehead atoms. The van der Waals surface area contributed by atoms with Crippen molar-refractivity contribution in [3.8, 4) is 11.1 Å². The molecule has 0 aliphatic heterocycles. The lowest BCUT2D eigenvalue weighted by atomic mass is 9.94. The van der Waals surface area contributed by atoms with Crippen molar-refractivity contribution in [1.82, 2.24) is 5.32 Å². The highest BCUT2D eigenvalue weighted by molar-refractivity contribution is 9.09. The van der Waals surface area contributed by atoms with E-state index >= 15 is 0 Å². The van der Waals surface area contributed by atoms with Gasteiger partial charge in [-0.15, -0.1) is 0 Å². The van der Waals surface area contributed by atoms with Gasteiger partial charge in [-0.25, -0.2) is 0 Å². The highest BCUT2D eigenvalue weighted by Crippen LogP contribution is 2.47. The summed E-state index contributed by atoms with van der Waals surface area (Å²) in [6.07, 6.45) is 1.14. The van der Waals surface area contributed by atoms with Crippen LogP contribution in [0.5, 0.6) is 0 Å². The number of alkyl halides is 1. The first-order valence-corrected chi connectivity index (χ1v) is 9.75. The Morgan fingerprint density at radius 2 is 1.75 bits per heavy atom. The van der Waals surface area contributed by atoms with Gasteiger partial charge in [-0.05, 0) is 65.4 Å². The molecule has 1 N–H and O–H groups in total. The first-order valence-electron chi connectivity index (χ1n) is 8.63. The summed E-state index contributed by atoms with van der Waals surface area (Å²) in [6, 6.07) is 18.4. The van der Waals surface area contributed by atoms with Crippen LogP contribution < -0.4 is 5.32 Å². The van der Waals surface area contributed by atoms with Crippen LogP contribution in [0, 0.1) is 13.8 Å². The molecule has 3 aromatic carbocycles. The zero-order valence-electron chi connectivity index (χ0n) is 14.2. The van der Waals surface area contributed by atoms with Crippen LogP contribution in [0.2, 0.25) is 0 Å². The minimum atomic E-state index is 0.303. The Bertz CT molecular complexity index is 913. The van der Waals surface area contributed by atoms with Gasteiger partial charge in [-0.2, -0.15) is 0 Å². The number of aryl methyl sites for hydroxylation is 2. The molecular formula is C22H22BrN. The number of benzene rings is 3. The van der Waals surface area contributed by atoms with Crippen LogP contribution in [0.15, 0.2) is 48.5 Å². The molecule has 0 aromatic heterocycles. The fourth-order valence-corrected chi connectivity index (χ4v) is 4.24. The topological polar surface area (TPSA) is 12.0 Å². The van der Waals surface area contributed by atoms with Crippen molar-refractivity contribution in [2.75, 3.05) is 11.9 Å². The van der Waals surface area contributed by atoms with Crippen LogP contribution >= 0.6 is 15.9 Å². The predicted molar refractivity (Wildman–Crippen MR) is 107 cm³/mol. The summed E-state index contributed by atoms with van der Waals surface area (Å²) in [6.45, 7) is 5.43. The van der Waals surface area contributed by atoms with E-state index in [1.807, 2.05) is 0 Å². The van der Waals surface area contributed by atoms with Gasteiger partial charge in [0.2, 0.25) is 0 Å². The molecule has 0 heterocycles. The smallest absolute Gasteiger partial charge is 0.0589 e. The van der Waals surface area contributed by atoms with E-state index in [0.717, 1.165) is 18.3 Å². The molecule has 4 rings (SSSR count). The maximum absolute atomic E-state index is 3.78. The largest absolute Gasteiger partial charge is 0.306 e. The summed E-state index contributed by atoms with van der Waals surface area (Å²) < 4.78 is 0. The van der Waals surface area contributed by atoms with Crippen molar-refractivity contribution in [1.29, 1.82) is 0 Å². The van der Waals surface area contributed by atoms with Gasteiger partial charge in [0.25, 0.3) is 0 Å². The van der Waals surface area contributed by atoms with Gasteiger partial charge in [-0.1, -0.05) is 70.0 Å². The van der Waals surface area contributed by atoms with Crippen LogP contribution in [-0.2, 0) is 0 Å². The van der Waals surface area contributed by atoms with Gasteiger partial charge < -0.3 is 5.32 Å². The summed E-state index contributed by atoms with van der Waals surface area (Å²) in [5.74, 6) is 0. The summed E-state index contributed by atoms with van der Waals surface area (Å²) >= 11 is 3.54. The molecule has 0 spiro atoms. The van der Waals surface area contributed by atoms with E-state index in [2.05, 4.69) is 83.6 Å². The summed E-state index contributed by atoms with van der Waals surface area (Å²) in [5.41, 5.74) is 8.36. The van der Waals surface area contributed by atoms with Gasteiger partial charge in [-0.3, -0.25) is 0 Å². The maximum Gasteiger partial charge on any atom is 0.0589 e. The second-order valence-corrected chi connectivity index (χ2v) is 7.52. The minimum Gasteiger partial charge on any atom is -0.306 e. The molecule has 3 aromatic rings. The van der Waals surface area contributed by atoms with Crippen molar-refractivity contribution in [2.24, 2.45) is 0 Å². The van der Waals surface area contributed by atoms with Crippen molar-refractivity contribution in [3.05, 3.63) is 70.8 Å². The molecule has 1 aliphatic carbocycles. The Morgan fingerprint density at radius 1 is 0.958 bits per heavy atom. The van der Waals surface area contributed by atoms with Crippen LogP contribution in [0.3, 0.4) is 0 Å². The zero-order chi connectivity index (χ0) is 16.7. The van der Waals surface area contributed by atoms with E-state index in [4.69, 9.17) is 0 Å². The van der Waals surface area contributed by atoms with Crippen molar-refractivity contribution in [3.63, 3.8) is 0 Å². The third-order valence-corrected chi connectivity index (χ3v) is 5.60. The summed E-state index contributed by atoms with van der Waals surface area (Å²) in [7, 11) is 0. The molecule has 122 valence electrons. The monoisotopic (exact) mass is 379 g/mol. The third kappa shape index (κ3) is 2.49. The molecule has 2 heteroatoms. The maximum atomic E-state index is 3.78. The van der Waals surface area contributed by atoms with Crippen molar-refractivity contribution in [2.45, 2.75) is 26.3 Å². The quantitative estimate of drug-likeness (QED) is 0.439. The summed E-state index contributed by atoms with van der Waals surface area (Å²) in [5, 5.41) is 7.56. The Hall–Kier alpha value is -1.64. The molecule has 1 nitrogen and oxygen atoms in total. The number of fused-ring (bicyclic) bond motifs is 5. The van der Waals surface area contributed by atoms with Crippen LogP contribution in [0.25, 0.3) is 21.9 Å². The van der Waals surface area contributed by atoms with E-state index in [1.54, 1.807) is 0 Å². The lowest BCUT2D eigenvalue weighted by Crippen LogP contribution is -2.22. The molecular weight excluding hydrogens is 358 g/mol. The third-order valence-electron chi connectivity index (χ3n) is 5.04. The van der Waals surface area contributed by atoms with Gasteiger partial charge in [0, 0.05) is 5.33 Å². The molecule has 1 unspecified atom stereocenters. The number of hydrogen-bond acceptors (Lipinski definition) is 1. The van der Waals surface area contributed by atoms with E-state index in [0.29, 0.717) is 6.04 Å². The predicted octanol–water partition coefficient (Wildman–Crippen LogP) is 5.90. The van der Waals surface area contributed by atoms with Gasteiger partial charge in [0.05, 0.1) is 6.04 Å². The molecule has 0 saturated heterocycles. The molecule has 0 amide bonds. The SMILES string of the molecule is Cc1ccc2c(c1)C(NCCCBr)c1cc(C)c3ccccc3c1-2. The molecule has 1 aliphatic rings. The average molecular weight is 380 g/mol. The fraction of sp³-hybridized carbons (Fsp3) is 0.273. The standard InChI is InChI=1S/C22H22BrN/c1-14-8-9-18-19(12-14)22(24-11-5-10-23)20-13-15(2)16-6-3-4-7-17(16)21(18)20/h3-4,6-9,12-13,22,24H,5,10-11H2,1-2H3. The second kappa shape index (κ2) is 6.34. The summed E-state index contributed by atoms with van der Waals surface area (Å²) in [4.78, 5) is 0. The van der Waals surface area contributed by atoms with Crippen molar-refractivity contribution < 1.29 is 0 Å². The highest BCUT2D eigenvalue weighted by atomic mass is 79.9. The molecule has 1 atom stereocenters. The minimum absolute atomic E-state index is 0.303. The van der Waals surface area contributed by atoms with Crippen LogP contribution in [0.1, 0.15) is 34.7 Å². The number of rotatable bonds is 4. The van der Waals surface area contributed by atoms with Crippen molar-refractivity contribution >= 4 is 26.7 Å². The van der Waals surface area contributed by atoms with Crippen LogP contribution in [0.4, 0.5) is 0 Å².